The average molecular weight is 985 g/mol. The van der Waals surface area contributed by atoms with Gasteiger partial charge >= 0.3 is 0 Å². The van der Waals surface area contributed by atoms with Crippen molar-refractivity contribution >= 4 is 0 Å². The normalized spacial score (nSPS) is 15.8. The number of hydrogen-bond acceptors (Lipinski definition) is 8. The van der Waals surface area contributed by atoms with Gasteiger partial charge in [-0.25, -0.2) is 0 Å². The maximum absolute atomic E-state index is 7.04. The molecule has 8 nitrogen and oxygen atoms in total. The Morgan fingerprint density at radius 1 is 0.397 bits per heavy atom. The van der Waals surface area contributed by atoms with E-state index in [-0.39, 0.29) is 25.8 Å². The van der Waals surface area contributed by atoms with Crippen molar-refractivity contribution in [3.63, 3.8) is 0 Å². The summed E-state index contributed by atoms with van der Waals surface area (Å²) in [5, 5.41) is 0. The van der Waals surface area contributed by atoms with Gasteiger partial charge < -0.3 is 37.9 Å². The van der Waals surface area contributed by atoms with E-state index in [0.29, 0.717) is 6.42 Å². The standard InChI is InChI=1S/C65H76O8/c1-40-29-56(64(70-38-66-5)58(31-40)62-50-21-13-9-17-44(50)34-45-18-10-14-22-51(45)62)54-36-48(68-7)25-27-60(54)72-42(3)33-43(4)73-61-28-26-49(69-8)37-55(61)57-30-41(2)32-59(65(57)71-39-67-6)63-52-23-15-11-19-46(52)35-47-20-12-16-24-53(47)63/h25-32,34-37,42-43H,9-24,33,38-39H2,1-8H3. The lowest BCUT2D eigenvalue weighted by atomic mass is 9.76. The number of rotatable bonds is 18. The molecule has 0 N–H and O–H groups in total. The van der Waals surface area contributed by atoms with Gasteiger partial charge in [0.1, 0.15) is 34.5 Å². The van der Waals surface area contributed by atoms with Crippen LogP contribution in [0.1, 0.15) is 127 Å². The molecule has 0 heterocycles. The van der Waals surface area contributed by atoms with Gasteiger partial charge in [-0.1, -0.05) is 12.1 Å². The van der Waals surface area contributed by atoms with Crippen LogP contribution >= 0.6 is 0 Å². The second kappa shape index (κ2) is 22.7. The van der Waals surface area contributed by atoms with Crippen LogP contribution in [0, 0.1) is 13.8 Å². The fourth-order valence-corrected chi connectivity index (χ4v) is 12.7. The van der Waals surface area contributed by atoms with Crippen molar-refractivity contribution < 1.29 is 37.9 Å². The third-order valence-corrected chi connectivity index (χ3v) is 15.9. The molecule has 2 unspecified atom stereocenters. The Labute approximate surface area is 434 Å². The Kier molecular flexibility index (Phi) is 15.7. The first-order valence-electron chi connectivity index (χ1n) is 27.2. The van der Waals surface area contributed by atoms with Crippen LogP contribution in [0.2, 0.25) is 0 Å². The molecule has 0 amide bonds. The Morgan fingerprint density at radius 2 is 0.740 bits per heavy atom. The molecule has 6 aromatic carbocycles. The van der Waals surface area contributed by atoms with Crippen LogP contribution in [0.3, 0.4) is 0 Å². The predicted octanol–water partition coefficient (Wildman–Crippen LogP) is 15.1. The Hall–Kier alpha value is -5.96. The zero-order valence-electron chi connectivity index (χ0n) is 44.8. The molecular weight excluding hydrogens is 909 g/mol. The monoisotopic (exact) mass is 985 g/mol. The van der Waals surface area contributed by atoms with Crippen LogP contribution in [-0.2, 0) is 60.8 Å². The summed E-state index contributed by atoms with van der Waals surface area (Å²) in [4.78, 5) is 0. The summed E-state index contributed by atoms with van der Waals surface area (Å²) in [6.45, 7) is 8.88. The van der Waals surface area contributed by atoms with Crippen molar-refractivity contribution in [2.45, 2.75) is 149 Å². The molecule has 384 valence electrons. The van der Waals surface area contributed by atoms with Crippen molar-refractivity contribution in [3.05, 3.63) is 128 Å². The second-order valence-corrected chi connectivity index (χ2v) is 21.2. The van der Waals surface area contributed by atoms with Gasteiger partial charge in [0.25, 0.3) is 0 Å². The Morgan fingerprint density at radius 3 is 1.08 bits per heavy atom. The number of fused-ring (bicyclic) bond motifs is 4. The summed E-state index contributed by atoms with van der Waals surface area (Å²) in [6, 6.07) is 26.4. The molecule has 73 heavy (non-hydrogen) atoms. The lowest BCUT2D eigenvalue weighted by Gasteiger charge is -2.30. The maximum Gasteiger partial charge on any atom is 0.188 e. The SMILES string of the molecule is COCOc1c(-c2cc(OC)ccc2OC(C)CC(C)Oc2ccc(OC)cc2-c2cc(C)cc(-c3c4c(cc5c3CCCC5)CCCC4)c2OCOC)cc(C)cc1-c1c2c(cc3c1CCCC3)CCCC2. The first kappa shape index (κ1) is 50.6. The molecule has 8 heteroatoms. The third kappa shape index (κ3) is 10.6. The van der Waals surface area contributed by atoms with Gasteiger partial charge in [0.15, 0.2) is 13.6 Å². The average Bonchev–Trinajstić information content (AvgIpc) is 3.40. The second-order valence-electron chi connectivity index (χ2n) is 21.2. The molecule has 0 saturated heterocycles. The van der Waals surface area contributed by atoms with Crippen molar-refractivity contribution in [1.29, 1.82) is 0 Å². The lowest BCUT2D eigenvalue weighted by molar-refractivity contribution is 0.0517. The minimum absolute atomic E-state index is 0.124. The van der Waals surface area contributed by atoms with E-state index in [0.717, 1.165) is 130 Å². The topological polar surface area (TPSA) is 73.8 Å². The fourth-order valence-electron chi connectivity index (χ4n) is 12.7. The number of methoxy groups -OCH3 is 4. The third-order valence-electron chi connectivity index (χ3n) is 15.9. The van der Waals surface area contributed by atoms with E-state index < -0.39 is 0 Å². The van der Waals surface area contributed by atoms with Crippen LogP contribution in [0.4, 0.5) is 0 Å². The largest absolute Gasteiger partial charge is 0.497 e. The zero-order chi connectivity index (χ0) is 50.6. The highest BCUT2D eigenvalue weighted by Crippen LogP contribution is 2.51. The highest BCUT2D eigenvalue weighted by atomic mass is 16.7. The molecule has 10 rings (SSSR count). The molecule has 2 atom stereocenters. The summed E-state index contributed by atoms with van der Waals surface area (Å²) in [6.07, 6.45) is 18.8. The molecule has 0 radical (unpaired) electrons. The first-order valence-corrected chi connectivity index (χ1v) is 27.2. The molecule has 0 spiro atoms. The van der Waals surface area contributed by atoms with Crippen LogP contribution in [0.15, 0.2) is 72.8 Å². The van der Waals surface area contributed by atoms with E-state index in [1.807, 2.05) is 24.3 Å². The van der Waals surface area contributed by atoms with Gasteiger partial charge in [0, 0.05) is 54.0 Å². The first-order chi connectivity index (χ1) is 35.7. The van der Waals surface area contributed by atoms with Gasteiger partial charge in [0.2, 0.25) is 0 Å². The van der Waals surface area contributed by atoms with E-state index in [9.17, 15) is 0 Å². The summed E-state index contributed by atoms with van der Waals surface area (Å²) < 4.78 is 50.7. The van der Waals surface area contributed by atoms with Crippen molar-refractivity contribution in [2.75, 3.05) is 42.0 Å². The van der Waals surface area contributed by atoms with E-state index >= 15 is 0 Å². The summed E-state index contributed by atoms with van der Waals surface area (Å²) >= 11 is 0. The molecule has 0 aliphatic heterocycles. The zero-order valence-corrected chi connectivity index (χ0v) is 44.8. The number of hydrogen-bond donors (Lipinski definition) is 0. The van der Waals surface area contributed by atoms with Gasteiger partial charge in [-0.3, -0.25) is 0 Å². The number of aryl methyl sites for hydroxylation is 6. The van der Waals surface area contributed by atoms with E-state index in [2.05, 4.69) is 76.2 Å². The van der Waals surface area contributed by atoms with Crippen molar-refractivity contribution in [3.8, 4) is 79.0 Å². The van der Waals surface area contributed by atoms with Crippen LogP contribution < -0.4 is 28.4 Å². The van der Waals surface area contributed by atoms with Gasteiger partial charge in [-0.2, -0.15) is 0 Å². The smallest absolute Gasteiger partial charge is 0.188 e. The highest BCUT2D eigenvalue weighted by molar-refractivity contribution is 5.91. The summed E-state index contributed by atoms with van der Waals surface area (Å²) in [7, 11) is 6.81. The molecule has 4 aliphatic rings. The van der Waals surface area contributed by atoms with E-state index in [1.54, 1.807) is 28.4 Å². The molecule has 4 aliphatic carbocycles. The number of benzene rings is 6. The summed E-state index contributed by atoms with van der Waals surface area (Å²) in [5.41, 5.74) is 23.1. The number of ether oxygens (including phenoxy) is 8. The quantitative estimate of drug-likeness (QED) is 0.0789. The maximum atomic E-state index is 7.04. The minimum atomic E-state index is -0.230. The summed E-state index contributed by atoms with van der Waals surface area (Å²) in [5.74, 6) is 4.62. The molecule has 0 aromatic heterocycles. The van der Waals surface area contributed by atoms with E-state index in [4.69, 9.17) is 37.9 Å². The van der Waals surface area contributed by atoms with Gasteiger partial charge in [-0.05, 0) is 258 Å². The van der Waals surface area contributed by atoms with Gasteiger partial charge in [0.05, 0.1) is 26.4 Å². The van der Waals surface area contributed by atoms with Crippen LogP contribution in [0.25, 0.3) is 44.5 Å². The van der Waals surface area contributed by atoms with Crippen molar-refractivity contribution in [1.82, 2.24) is 0 Å². The molecule has 0 saturated carbocycles. The Bertz CT molecular complexity index is 2700. The highest BCUT2D eigenvalue weighted by Gasteiger charge is 2.30. The fraction of sp³-hybridized carbons (Fsp3) is 0.446. The molecule has 6 aromatic rings. The van der Waals surface area contributed by atoms with Crippen molar-refractivity contribution in [2.24, 2.45) is 0 Å². The lowest BCUT2D eigenvalue weighted by Crippen LogP contribution is -2.23. The van der Waals surface area contributed by atoms with Gasteiger partial charge in [-0.15, -0.1) is 0 Å². The Balaban J connectivity index is 0.995. The molecular formula is C65H76O8. The predicted molar refractivity (Wildman–Crippen MR) is 294 cm³/mol. The van der Waals surface area contributed by atoms with Crippen LogP contribution in [-0.4, -0.2) is 54.2 Å². The molecule has 0 bridgehead atoms. The van der Waals surface area contributed by atoms with Crippen LogP contribution in [0.5, 0.6) is 34.5 Å². The molecule has 0 fully saturated rings. The van der Waals surface area contributed by atoms with E-state index in [1.165, 1.54) is 107 Å². The minimum Gasteiger partial charge on any atom is -0.497 e.